The van der Waals surface area contributed by atoms with Gasteiger partial charge in [-0.25, -0.2) is 4.79 Å². The van der Waals surface area contributed by atoms with Gasteiger partial charge in [0.05, 0.1) is 0 Å². The number of carboxylic acids is 1. The van der Waals surface area contributed by atoms with Gasteiger partial charge in [-0.2, -0.15) is 0 Å². The van der Waals surface area contributed by atoms with Crippen LogP contribution >= 0.6 is 0 Å². The standard InChI is InChI=1S/C18H16O2/c1-11(12(2)18(19)20)13-7-8-17-15(9-13)10-14-5-3-4-6-16(14)17/h3-9H,10H2,1-2H3,(H,19,20). The predicted octanol–water partition coefficient (Wildman–Crippen LogP) is 4.14. The van der Waals surface area contributed by atoms with Gasteiger partial charge in [0, 0.05) is 5.57 Å². The topological polar surface area (TPSA) is 37.3 Å². The van der Waals surface area contributed by atoms with Crippen LogP contribution in [0.15, 0.2) is 48.0 Å². The molecule has 0 atom stereocenters. The van der Waals surface area contributed by atoms with Crippen molar-refractivity contribution in [3.05, 3.63) is 64.7 Å². The quantitative estimate of drug-likeness (QED) is 0.706. The van der Waals surface area contributed by atoms with Gasteiger partial charge in [-0.3, -0.25) is 0 Å². The second kappa shape index (κ2) is 4.64. The van der Waals surface area contributed by atoms with E-state index in [1.807, 2.05) is 13.0 Å². The first-order valence-electron chi connectivity index (χ1n) is 6.70. The van der Waals surface area contributed by atoms with Crippen LogP contribution in [0.3, 0.4) is 0 Å². The fraction of sp³-hybridized carbons (Fsp3) is 0.167. The minimum absolute atomic E-state index is 0.403. The molecule has 1 aliphatic rings. The number of fused-ring (bicyclic) bond motifs is 3. The van der Waals surface area contributed by atoms with Crippen molar-refractivity contribution in [3.63, 3.8) is 0 Å². The molecule has 1 N–H and O–H groups in total. The van der Waals surface area contributed by atoms with Gasteiger partial charge in [-0.1, -0.05) is 42.5 Å². The summed E-state index contributed by atoms with van der Waals surface area (Å²) in [6, 6.07) is 14.7. The lowest BCUT2D eigenvalue weighted by atomic mass is 9.97. The minimum Gasteiger partial charge on any atom is -0.478 e. The molecule has 0 saturated heterocycles. The van der Waals surface area contributed by atoms with E-state index >= 15 is 0 Å². The fourth-order valence-electron chi connectivity index (χ4n) is 2.76. The highest BCUT2D eigenvalue weighted by Crippen LogP contribution is 2.37. The summed E-state index contributed by atoms with van der Waals surface area (Å²) in [4.78, 5) is 11.1. The Morgan fingerprint density at radius 3 is 2.45 bits per heavy atom. The molecule has 0 spiro atoms. The van der Waals surface area contributed by atoms with Crippen molar-refractivity contribution in [2.75, 3.05) is 0 Å². The second-order valence-electron chi connectivity index (χ2n) is 5.26. The third kappa shape index (κ3) is 1.94. The Kier molecular flexibility index (Phi) is 2.94. The lowest BCUT2D eigenvalue weighted by molar-refractivity contribution is -0.132. The Labute approximate surface area is 118 Å². The molecule has 0 aromatic heterocycles. The molecule has 20 heavy (non-hydrogen) atoms. The number of hydrogen-bond donors (Lipinski definition) is 1. The Morgan fingerprint density at radius 2 is 1.70 bits per heavy atom. The Morgan fingerprint density at radius 1 is 1.00 bits per heavy atom. The van der Waals surface area contributed by atoms with Crippen LogP contribution in [0.4, 0.5) is 0 Å². The molecular weight excluding hydrogens is 248 g/mol. The molecule has 0 radical (unpaired) electrons. The molecule has 2 aromatic carbocycles. The Hall–Kier alpha value is -2.35. The molecule has 0 saturated carbocycles. The summed E-state index contributed by atoms with van der Waals surface area (Å²) in [6.07, 6.45) is 0.929. The molecule has 0 fully saturated rings. The number of hydrogen-bond acceptors (Lipinski definition) is 1. The van der Waals surface area contributed by atoms with Crippen LogP contribution in [-0.2, 0) is 11.2 Å². The van der Waals surface area contributed by atoms with E-state index in [4.69, 9.17) is 5.11 Å². The number of aliphatic carboxylic acids is 1. The summed E-state index contributed by atoms with van der Waals surface area (Å²) in [5.41, 5.74) is 7.42. The first kappa shape index (κ1) is 12.7. The molecule has 0 amide bonds. The molecule has 0 aliphatic heterocycles. The van der Waals surface area contributed by atoms with Gasteiger partial charge in [-0.05, 0) is 53.7 Å². The summed E-state index contributed by atoms with van der Waals surface area (Å²) >= 11 is 0. The Balaban J connectivity index is 2.08. The maximum atomic E-state index is 11.1. The maximum Gasteiger partial charge on any atom is 0.331 e. The largest absolute Gasteiger partial charge is 0.478 e. The molecular formula is C18H16O2. The second-order valence-corrected chi connectivity index (χ2v) is 5.26. The van der Waals surface area contributed by atoms with Gasteiger partial charge in [0.25, 0.3) is 0 Å². The first-order chi connectivity index (χ1) is 9.58. The number of carbonyl (C=O) groups is 1. The summed E-state index contributed by atoms with van der Waals surface area (Å²) in [5, 5.41) is 9.09. The van der Waals surface area contributed by atoms with E-state index in [1.165, 1.54) is 22.3 Å². The zero-order valence-electron chi connectivity index (χ0n) is 11.6. The normalized spacial score (nSPS) is 13.5. The zero-order valence-corrected chi connectivity index (χ0v) is 11.6. The molecule has 2 aromatic rings. The van der Waals surface area contributed by atoms with E-state index in [0.717, 1.165) is 17.6 Å². The fourth-order valence-corrected chi connectivity index (χ4v) is 2.76. The van der Waals surface area contributed by atoms with Crippen LogP contribution in [-0.4, -0.2) is 11.1 Å². The zero-order chi connectivity index (χ0) is 14.3. The maximum absolute atomic E-state index is 11.1. The monoisotopic (exact) mass is 264 g/mol. The van der Waals surface area contributed by atoms with Crippen molar-refractivity contribution < 1.29 is 9.90 Å². The van der Waals surface area contributed by atoms with E-state index in [1.54, 1.807) is 6.92 Å². The van der Waals surface area contributed by atoms with Crippen molar-refractivity contribution in [1.29, 1.82) is 0 Å². The van der Waals surface area contributed by atoms with Crippen LogP contribution in [0.5, 0.6) is 0 Å². The molecule has 2 heteroatoms. The smallest absolute Gasteiger partial charge is 0.331 e. The van der Waals surface area contributed by atoms with Crippen LogP contribution in [0, 0.1) is 0 Å². The highest BCUT2D eigenvalue weighted by atomic mass is 16.4. The van der Waals surface area contributed by atoms with E-state index < -0.39 is 5.97 Å². The number of rotatable bonds is 2. The average molecular weight is 264 g/mol. The minimum atomic E-state index is -0.855. The van der Waals surface area contributed by atoms with Crippen LogP contribution in [0.1, 0.15) is 30.5 Å². The number of benzene rings is 2. The summed E-state index contributed by atoms with van der Waals surface area (Å²) in [7, 11) is 0. The van der Waals surface area contributed by atoms with Crippen molar-refractivity contribution in [3.8, 4) is 11.1 Å². The predicted molar refractivity (Wildman–Crippen MR) is 80.6 cm³/mol. The number of allylic oxidation sites excluding steroid dienone is 1. The molecule has 2 nitrogen and oxygen atoms in total. The summed E-state index contributed by atoms with van der Waals surface area (Å²) in [5.74, 6) is -0.855. The lowest BCUT2D eigenvalue weighted by Gasteiger charge is -2.08. The van der Waals surface area contributed by atoms with E-state index in [-0.39, 0.29) is 0 Å². The van der Waals surface area contributed by atoms with Crippen LogP contribution in [0.2, 0.25) is 0 Å². The molecule has 0 bridgehead atoms. The molecule has 0 heterocycles. The molecule has 3 rings (SSSR count). The average Bonchev–Trinajstić information content (AvgIpc) is 2.83. The van der Waals surface area contributed by atoms with Gasteiger partial charge in [-0.15, -0.1) is 0 Å². The van der Waals surface area contributed by atoms with Gasteiger partial charge < -0.3 is 5.11 Å². The van der Waals surface area contributed by atoms with Gasteiger partial charge in [0.2, 0.25) is 0 Å². The lowest BCUT2D eigenvalue weighted by Crippen LogP contribution is -1.99. The molecule has 0 unspecified atom stereocenters. The molecule has 100 valence electrons. The van der Waals surface area contributed by atoms with Crippen molar-refractivity contribution in [1.82, 2.24) is 0 Å². The molecule has 1 aliphatic carbocycles. The van der Waals surface area contributed by atoms with E-state index in [2.05, 4.69) is 36.4 Å². The van der Waals surface area contributed by atoms with Gasteiger partial charge in [0.1, 0.15) is 0 Å². The summed E-state index contributed by atoms with van der Waals surface area (Å²) < 4.78 is 0. The summed E-state index contributed by atoms with van der Waals surface area (Å²) in [6.45, 7) is 3.52. The Bertz CT molecular complexity index is 739. The number of carboxylic acid groups (broad SMARTS) is 1. The van der Waals surface area contributed by atoms with Crippen LogP contribution in [0.25, 0.3) is 16.7 Å². The first-order valence-corrected chi connectivity index (χ1v) is 6.70. The van der Waals surface area contributed by atoms with Crippen molar-refractivity contribution in [2.24, 2.45) is 0 Å². The van der Waals surface area contributed by atoms with Gasteiger partial charge in [0.15, 0.2) is 0 Å². The van der Waals surface area contributed by atoms with Crippen molar-refractivity contribution >= 4 is 11.5 Å². The third-order valence-corrected chi connectivity index (χ3v) is 4.11. The highest BCUT2D eigenvalue weighted by Gasteiger charge is 2.18. The van der Waals surface area contributed by atoms with E-state index in [9.17, 15) is 4.79 Å². The van der Waals surface area contributed by atoms with Gasteiger partial charge >= 0.3 is 5.97 Å². The van der Waals surface area contributed by atoms with Crippen molar-refractivity contribution in [2.45, 2.75) is 20.3 Å². The SMILES string of the molecule is CC(C(=O)O)=C(C)c1ccc2c(c1)Cc1ccccc1-2. The third-order valence-electron chi connectivity index (χ3n) is 4.11. The van der Waals surface area contributed by atoms with Crippen LogP contribution < -0.4 is 0 Å². The van der Waals surface area contributed by atoms with E-state index in [0.29, 0.717) is 5.57 Å². The highest BCUT2D eigenvalue weighted by molar-refractivity contribution is 5.95.